The van der Waals surface area contributed by atoms with Gasteiger partial charge in [-0.3, -0.25) is 0 Å². The van der Waals surface area contributed by atoms with Crippen molar-refractivity contribution >= 4 is 9.84 Å². The minimum absolute atomic E-state index is 0.0787. The molecule has 0 aromatic rings. The molecule has 1 rings (SSSR count). The van der Waals surface area contributed by atoms with Gasteiger partial charge in [-0.1, -0.05) is 0 Å². The van der Waals surface area contributed by atoms with Crippen molar-refractivity contribution in [1.29, 1.82) is 0 Å². The van der Waals surface area contributed by atoms with Gasteiger partial charge >= 0.3 is 0 Å². The molecule has 1 aliphatic rings. The van der Waals surface area contributed by atoms with E-state index in [-0.39, 0.29) is 17.1 Å². The minimum Gasteiger partial charge on any atom is -0.380 e. The first kappa shape index (κ1) is 8.01. The Bertz CT molecular complexity index is 207. The molecule has 1 heterocycles. The Morgan fingerprint density at radius 1 is 1.50 bits per heavy atom. The van der Waals surface area contributed by atoms with Crippen LogP contribution < -0.4 is 0 Å². The standard InChI is InChI=1S/C6H12O3S/c1-5-6(9-2)3-4-10(5,7)8/h5-6H,3-4H2,1-2H3. The highest BCUT2D eigenvalue weighted by atomic mass is 32.2. The van der Waals surface area contributed by atoms with Crippen LogP contribution in [0.15, 0.2) is 0 Å². The molecule has 0 aromatic heterocycles. The summed E-state index contributed by atoms with van der Waals surface area (Å²) in [5.41, 5.74) is 0. The SMILES string of the molecule is COC1CCS(=O)(=O)C1C. The van der Waals surface area contributed by atoms with Gasteiger partial charge in [0.05, 0.1) is 17.1 Å². The van der Waals surface area contributed by atoms with Crippen LogP contribution in [-0.2, 0) is 14.6 Å². The zero-order valence-corrected chi connectivity index (χ0v) is 7.02. The third kappa shape index (κ3) is 1.18. The third-order valence-electron chi connectivity index (χ3n) is 2.08. The van der Waals surface area contributed by atoms with E-state index in [0.717, 1.165) is 0 Å². The minimum atomic E-state index is -2.81. The highest BCUT2D eigenvalue weighted by Gasteiger charge is 2.36. The quantitative estimate of drug-likeness (QED) is 0.556. The first-order chi connectivity index (χ1) is 4.58. The molecule has 0 N–H and O–H groups in total. The summed E-state index contributed by atoms with van der Waals surface area (Å²) in [5.74, 6) is 0.284. The van der Waals surface area contributed by atoms with Gasteiger partial charge in [-0.25, -0.2) is 8.42 Å². The third-order valence-corrected chi connectivity index (χ3v) is 4.32. The van der Waals surface area contributed by atoms with Gasteiger partial charge in [0.25, 0.3) is 0 Å². The van der Waals surface area contributed by atoms with E-state index in [9.17, 15) is 8.42 Å². The average molecular weight is 164 g/mol. The molecule has 3 nitrogen and oxygen atoms in total. The van der Waals surface area contributed by atoms with Gasteiger partial charge in [-0.15, -0.1) is 0 Å². The molecule has 0 radical (unpaired) electrons. The molecule has 0 amide bonds. The van der Waals surface area contributed by atoms with Crippen molar-refractivity contribution in [1.82, 2.24) is 0 Å². The van der Waals surface area contributed by atoms with Crippen molar-refractivity contribution in [2.45, 2.75) is 24.7 Å². The van der Waals surface area contributed by atoms with Gasteiger partial charge in [0.2, 0.25) is 0 Å². The molecule has 0 spiro atoms. The van der Waals surface area contributed by atoms with Gasteiger partial charge in [-0.2, -0.15) is 0 Å². The molecule has 1 saturated heterocycles. The van der Waals surface area contributed by atoms with E-state index in [4.69, 9.17) is 4.74 Å². The lowest BCUT2D eigenvalue weighted by atomic mass is 10.2. The van der Waals surface area contributed by atoms with E-state index in [1.54, 1.807) is 14.0 Å². The second-order valence-corrected chi connectivity index (χ2v) is 5.11. The zero-order valence-electron chi connectivity index (χ0n) is 6.20. The van der Waals surface area contributed by atoms with Crippen molar-refractivity contribution in [2.24, 2.45) is 0 Å². The van der Waals surface area contributed by atoms with E-state index in [1.807, 2.05) is 0 Å². The summed E-state index contributed by atoms with van der Waals surface area (Å²) in [6.07, 6.45) is 0.574. The summed E-state index contributed by atoms with van der Waals surface area (Å²) in [6, 6.07) is 0. The maximum Gasteiger partial charge on any atom is 0.155 e. The molecule has 4 heteroatoms. The summed E-state index contributed by atoms with van der Waals surface area (Å²) in [6.45, 7) is 1.70. The van der Waals surface area contributed by atoms with Crippen LogP contribution in [0.3, 0.4) is 0 Å². The normalized spacial score (nSPS) is 38.2. The predicted octanol–water partition coefficient (Wildman–Crippen LogP) is 0.208. The van der Waals surface area contributed by atoms with Gasteiger partial charge in [0, 0.05) is 7.11 Å². The highest BCUT2D eigenvalue weighted by molar-refractivity contribution is 7.92. The molecule has 60 valence electrons. The highest BCUT2D eigenvalue weighted by Crippen LogP contribution is 2.21. The summed E-state index contributed by atoms with van der Waals surface area (Å²) in [7, 11) is -1.25. The van der Waals surface area contributed by atoms with Gasteiger partial charge < -0.3 is 4.74 Å². The Labute approximate surface area is 61.3 Å². The first-order valence-corrected chi connectivity index (χ1v) is 5.04. The van der Waals surface area contributed by atoms with Gasteiger partial charge in [0.1, 0.15) is 0 Å². The van der Waals surface area contributed by atoms with Crippen molar-refractivity contribution in [3.63, 3.8) is 0 Å². The molecule has 0 saturated carbocycles. The van der Waals surface area contributed by atoms with Crippen LogP contribution in [0.25, 0.3) is 0 Å². The molecule has 2 atom stereocenters. The number of sulfone groups is 1. The second-order valence-electron chi connectivity index (χ2n) is 2.63. The van der Waals surface area contributed by atoms with E-state index >= 15 is 0 Å². The lowest BCUT2D eigenvalue weighted by Crippen LogP contribution is -2.23. The fourth-order valence-corrected chi connectivity index (χ4v) is 2.88. The lowest BCUT2D eigenvalue weighted by molar-refractivity contribution is 0.107. The number of hydrogen-bond donors (Lipinski definition) is 0. The number of methoxy groups -OCH3 is 1. The molecule has 10 heavy (non-hydrogen) atoms. The van der Waals surface area contributed by atoms with E-state index in [2.05, 4.69) is 0 Å². The largest absolute Gasteiger partial charge is 0.380 e. The zero-order chi connectivity index (χ0) is 7.78. The fourth-order valence-electron chi connectivity index (χ4n) is 1.24. The molecular weight excluding hydrogens is 152 g/mol. The van der Waals surface area contributed by atoms with Gasteiger partial charge in [0.15, 0.2) is 9.84 Å². The van der Waals surface area contributed by atoms with Crippen LogP contribution in [-0.4, -0.2) is 32.6 Å². The van der Waals surface area contributed by atoms with Crippen LogP contribution in [0.2, 0.25) is 0 Å². The number of ether oxygens (including phenoxy) is 1. The summed E-state index contributed by atoms with van der Waals surface area (Å²) in [4.78, 5) is 0. The Hall–Kier alpha value is -0.0900. The molecule has 0 bridgehead atoms. The Morgan fingerprint density at radius 3 is 2.30 bits per heavy atom. The molecule has 2 unspecified atom stereocenters. The van der Waals surface area contributed by atoms with Crippen molar-refractivity contribution < 1.29 is 13.2 Å². The topological polar surface area (TPSA) is 43.4 Å². The maximum absolute atomic E-state index is 11.1. The molecule has 1 fully saturated rings. The smallest absolute Gasteiger partial charge is 0.155 e. The van der Waals surface area contributed by atoms with E-state index in [1.165, 1.54) is 0 Å². The molecule has 0 aliphatic carbocycles. The summed E-state index contributed by atoms with van der Waals surface area (Å²) < 4.78 is 27.1. The van der Waals surface area contributed by atoms with Crippen LogP contribution in [0.1, 0.15) is 13.3 Å². The Balaban J connectivity index is 2.77. The van der Waals surface area contributed by atoms with Crippen LogP contribution in [0.4, 0.5) is 0 Å². The van der Waals surface area contributed by atoms with Crippen LogP contribution in [0.5, 0.6) is 0 Å². The van der Waals surface area contributed by atoms with Crippen LogP contribution >= 0.6 is 0 Å². The molecule has 1 aliphatic heterocycles. The maximum atomic E-state index is 11.1. The molecule has 0 aromatic carbocycles. The van der Waals surface area contributed by atoms with Crippen LogP contribution in [0, 0.1) is 0 Å². The molecular formula is C6H12O3S. The Morgan fingerprint density at radius 2 is 2.10 bits per heavy atom. The number of hydrogen-bond acceptors (Lipinski definition) is 3. The summed E-state index contributed by atoms with van der Waals surface area (Å²) in [5, 5.41) is -0.308. The number of rotatable bonds is 1. The predicted molar refractivity (Wildman–Crippen MR) is 38.7 cm³/mol. The van der Waals surface area contributed by atoms with Crippen molar-refractivity contribution in [2.75, 3.05) is 12.9 Å². The first-order valence-electron chi connectivity index (χ1n) is 3.32. The second kappa shape index (κ2) is 2.51. The van der Waals surface area contributed by atoms with E-state index in [0.29, 0.717) is 6.42 Å². The van der Waals surface area contributed by atoms with Crippen molar-refractivity contribution in [3.05, 3.63) is 0 Å². The van der Waals surface area contributed by atoms with Gasteiger partial charge in [-0.05, 0) is 13.3 Å². The Kier molecular flexibility index (Phi) is 2.01. The average Bonchev–Trinajstić information content (AvgIpc) is 2.10. The fraction of sp³-hybridized carbons (Fsp3) is 1.00. The van der Waals surface area contributed by atoms with Crippen molar-refractivity contribution in [3.8, 4) is 0 Å². The monoisotopic (exact) mass is 164 g/mol. The lowest BCUT2D eigenvalue weighted by Gasteiger charge is -2.10. The summed E-state index contributed by atoms with van der Waals surface area (Å²) >= 11 is 0. The van der Waals surface area contributed by atoms with E-state index < -0.39 is 9.84 Å².